The summed E-state index contributed by atoms with van der Waals surface area (Å²) in [6, 6.07) is 13.6. The van der Waals surface area contributed by atoms with Crippen LogP contribution < -0.4 is 5.32 Å². The van der Waals surface area contributed by atoms with Gasteiger partial charge in [0.25, 0.3) is 5.91 Å². The zero-order chi connectivity index (χ0) is 17.9. The number of amides is 2. The summed E-state index contributed by atoms with van der Waals surface area (Å²) in [7, 11) is 0. The van der Waals surface area contributed by atoms with Crippen LogP contribution in [0.5, 0.6) is 0 Å². The van der Waals surface area contributed by atoms with Crippen molar-refractivity contribution in [2.75, 3.05) is 19.6 Å². The van der Waals surface area contributed by atoms with E-state index in [4.69, 9.17) is 0 Å². The van der Waals surface area contributed by atoms with E-state index in [2.05, 4.69) is 15.3 Å². The molecule has 0 spiro atoms. The third-order valence-electron chi connectivity index (χ3n) is 4.11. The fraction of sp³-hybridized carbons (Fsp3) is 0.158. The Hall–Kier alpha value is -3.06. The summed E-state index contributed by atoms with van der Waals surface area (Å²) in [4.78, 5) is 35.7. The Labute approximate surface area is 154 Å². The van der Waals surface area contributed by atoms with Crippen LogP contribution in [0.4, 0.5) is 0 Å². The van der Waals surface area contributed by atoms with E-state index in [9.17, 15) is 9.59 Å². The molecule has 2 amide bonds. The Morgan fingerprint density at radius 1 is 1.12 bits per heavy atom. The Morgan fingerprint density at radius 2 is 1.92 bits per heavy atom. The number of piperazine rings is 1. The van der Waals surface area contributed by atoms with Gasteiger partial charge < -0.3 is 10.2 Å². The minimum absolute atomic E-state index is 0.0707. The first-order chi connectivity index (χ1) is 12.7. The molecule has 3 heterocycles. The second kappa shape index (κ2) is 7.05. The highest BCUT2D eigenvalue weighted by molar-refractivity contribution is 7.17. The fourth-order valence-electron chi connectivity index (χ4n) is 2.84. The van der Waals surface area contributed by atoms with E-state index in [0.717, 1.165) is 21.7 Å². The standard InChI is InChI=1S/C19H16N4O2S/c24-15-12-23(10-9-21-15)19(25)18-22-16(13-5-2-1-3-6-13)17(26-18)14-7-4-8-20-11-14/h1-8,11H,9-10,12H2,(H,21,24). The summed E-state index contributed by atoms with van der Waals surface area (Å²) < 4.78 is 0. The Morgan fingerprint density at radius 3 is 2.65 bits per heavy atom. The molecule has 0 unspecified atom stereocenters. The number of nitrogens with one attached hydrogen (secondary N) is 1. The quantitative estimate of drug-likeness (QED) is 0.775. The molecule has 2 aromatic heterocycles. The molecule has 1 aliphatic heterocycles. The van der Waals surface area contributed by atoms with Crippen molar-refractivity contribution in [3.05, 3.63) is 59.9 Å². The van der Waals surface area contributed by atoms with Gasteiger partial charge in [-0.25, -0.2) is 4.98 Å². The van der Waals surface area contributed by atoms with Crippen molar-refractivity contribution in [2.45, 2.75) is 0 Å². The Balaban J connectivity index is 1.76. The fourth-order valence-corrected chi connectivity index (χ4v) is 3.89. The van der Waals surface area contributed by atoms with Gasteiger partial charge in [-0.3, -0.25) is 14.6 Å². The van der Waals surface area contributed by atoms with Gasteiger partial charge in [-0.1, -0.05) is 36.4 Å². The van der Waals surface area contributed by atoms with Crippen LogP contribution in [-0.2, 0) is 4.79 Å². The van der Waals surface area contributed by atoms with Gasteiger partial charge in [0.15, 0.2) is 5.01 Å². The van der Waals surface area contributed by atoms with Gasteiger partial charge in [0.1, 0.15) is 0 Å². The van der Waals surface area contributed by atoms with Crippen LogP contribution in [0.3, 0.4) is 0 Å². The zero-order valence-electron chi connectivity index (χ0n) is 13.9. The molecule has 0 atom stereocenters. The third kappa shape index (κ3) is 3.21. The van der Waals surface area contributed by atoms with Gasteiger partial charge in [0, 0.05) is 36.6 Å². The average Bonchev–Trinajstić information content (AvgIpc) is 3.14. The molecule has 6 nitrogen and oxygen atoms in total. The normalized spacial score (nSPS) is 14.2. The molecule has 7 heteroatoms. The summed E-state index contributed by atoms with van der Waals surface area (Å²) >= 11 is 1.34. The highest BCUT2D eigenvalue weighted by atomic mass is 32.1. The highest BCUT2D eigenvalue weighted by Gasteiger charge is 2.26. The number of pyridine rings is 1. The molecule has 0 bridgehead atoms. The molecule has 26 heavy (non-hydrogen) atoms. The summed E-state index contributed by atoms with van der Waals surface area (Å²) in [6.07, 6.45) is 3.48. The van der Waals surface area contributed by atoms with Gasteiger partial charge in [-0.2, -0.15) is 0 Å². The number of carbonyl (C=O) groups excluding carboxylic acids is 2. The molecule has 3 aromatic rings. The number of thiazole rings is 1. The number of hydrogen-bond donors (Lipinski definition) is 1. The van der Waals surface area contributed by atoms with Crippen LogP contribution in [-0.4, -0.2) is 46.3 Å². The maximum Gasteiger partial charge on any atom is 0.283 e. The van der Waals surface area contributed by atoms with Gasteiger partial charge in [0.05, 0.1) is 17.1 Å². The molecule has 4 rings (SSSR count). The molecule has 0 saturated carbocycles. The van der Waals surface area contributed by atoms with E-state index in [0.29, 0.717) is 18.1 Å². The predicted octanol–water partition coefficient (Wildman–Crippen LogP) is 2.44. The van der Waals surface area contributed by atoms with Crippen molar-refractivity contribution in [1.29, 1.82) is 0 Å². The smallest absolute Gasteiger partial charge is 0.283 e. The summed E-state index contributed by atoms with van der Waals surface area (Å²) in [5.41, 5.74) is 2.62. The van der Waals surface area contributed by atoms with Crippen LogP contribution in [0.2, 0.25) is 0 Å². The molecule has 0 aliphatic carbocycles. The molecular formula is C19H16N4O2S. The molecular weight excluding hydrogens is 348 g/mol. The minimum atomic E-state index is -0.211. The SMILES string of the molecule is O=C1CN(C(=O)c2nc(-c3ccccc3)c(-c3cccnc3)s2)CCN1. The Bertz CT molecular complexity index is 884. The topological polar surface area (TPSA) is 75.2 Å². The Kier molecular flexibility index (Phi) is 4.45. The summed E-state index contributed by atoms with van der Waals surface area (Å²) in [6.45, 7) is 1.03. The number of aromatic nitrogens is 2. The monoisotopic (exact) mass is 364 g/mol. The molecule has 1 saturated heterocycles. The molecule has 1 aromatic carbocycles. The van der Waals surface area contributed by atoms with Crippen LogP contribution in [0, 0.1) is 0 Å². The lowest BCUT2D eigenvalue weighted by Crippen LogP contribution is -2.49. The molecule has 1 aliphatic rings. The molecule has 0 radical (unpaired) electrons. The highest BCUT2D eigenvalue weighted by Crippen LogP contribution is 2.36. The van der Waals surface area contributed by atoms with E-state index >= 15 is 0 Å². The zero-order valence-corrected chi connectivity index (χ0v) is 14.7. The van der Waals surface area contributed by atoms with Crippen molar-refractivity contribution in [3.8, 4) is 21.7 Å². The van der Waals surface area contributed by atoms with Gasteiger partial charge in [0.2, 0.25) is 5.91 Å². The number of hydrogen-bond acceptors (Lipinski definition) is 5. The van der Waals surface area contributed by atoms with E-state index in [1.54, 1.807) is 17.3 Å². The first-order valence-electron chi connectivity index (χ1n) is 8.25. The maximum absolute atomic E-state index is 12.9. The number of rotatable bonds is 3. The minimum Gasteiger partial charge on any atom is -0.353 e. The van der Waals surface area contributed by atoms with Crippen LogP contribution in [0.1, 0.15) is 9.80 Å². The average molecular weight is 364 g/mol. The predicted molar refractivity (Wildman–Crippen MR) is 99.7 cm³/mol. The summed E-state index contributed by atoms with van der Waals surface area (Å²) in [5.74, 6) is -0.353. The van der Waals surface area contributed by atoms with E-state index < -0.39 is 0 Å². The first-order valence-corrected chi connectivity index (χ1v) is 9.06. The van der Waals surface area contributed by atoms with Crippen LogP contribution >= 0.6 is 11.3 Å². The van der Waals surface area contributed by atoms with Crippen LogP contribution in [0.25, 0.3) is 21.7 Å². The lowest BCUT2D eigenvalue weighted by molar-refractivity contribution is -0.123. The molecule has 1 N–H and O–H groups in total. The van der Waals surface area contributed by atoms with Crippen molar-refractivity contribution < 1.29 is 9.59 Å². The lowest BCUT2D eigenvalue weighted by Gasteiger charge is -2.25. The van der Waals surface area contributed by atoms with Crippen molar-refractivity contribution >= 4 is 23.2 Å². The van der Waals surface area contributed by atoms with Crippen molar-refractivity contribution in [2.24, 2.45) is 0 Å². The summed E-state index contributed by atoms with van der Waals surface area (Å²) in [5, 5.41) is 3.12. The molecule has 130 valence electrons. The second-order valence-corrected chi connectivity index (χ2v) is 6.88. The second-order valence-electron chi connectivity index (χ2n) is 5.88. The van der Waals surface area contributed by atoms with Gasteiger partial charge in [-0.05, 0) is 6.07 Å². The third-order valence-corrected chi connectivity index (χ3v) is 5.20. The van der Waals surface area contributed by atoms with E-state index in [-0.39, 0.29) is 18.4 Å². The molecule has 1 fully saturated rings. The lowest BCUT2D eigenvalue weighted by atomic mass is 10.1. The van der Waals surface area contributed by atoms with Gasteiger partial charge >= 0.3 is 0 Å². The van der Waals surface area contributed by atoms with Crippen molar-refractivity contribution in [3.63, 3.8) is 0 Å². The number of carbonyl (C=O) groups is 2. The van der Waals surface area contributed by atoms with E-state index in [1.807, 2.05) is 42.5 Å². The largest absolute Gasteiger partial charge is 0.353 e. The van der Waals surface area contributed by atoms with E-state index in [1.165, 1.54) is 11.3 Å². The maximum atomic E-state index is 12.9. The first kappa shape index (κ1) is 16.4. The van der Waals surface area contributed by atoms with Gasteiger partial charge in [-0.15, -0.1) is 11.3 Å². The van der Waals surface area contributed by atoms with Crippen LogP contribution in [0.15, 0.2) is 54.9 Å². The number of nitrogens with zero attached hydrogens (tertiary/aromatic N) is 3. The number of benzene rings is 1. The van der Waals surface area contributed by atoms with Crippen molar-refractivity contribution in [1.82, 2.24) is 20.2 Å².